The number of anilines is 3. The van der Waals surface area contributed by atoms with Crippen molar-refractivity contribution in [2.75, 3.05) is 67.7 Å². The highest BCUT2D eigenvalue weighted by atomic mass is 16.5. The van der Waals surface area contributed by atoms with Gasteiger partial charge in [-0.1, -0.05) is 12.1 Å². The first-order valence-electron chi connectivity index (χ1n) is 12.8. The number of nitrogens with zero attached hydrogens (tertiary/aromatic N) is 6. The highest BCUT2D eigenvalue weighted by Crippen LogP contribution is 2.33. The fourth-order valence-corrected chi connectivity index (χ4v) is 5.38. The lowest BCUT2D eigenvalue weighted by atomic mass is 9.99. The smallest absolute Gasteiger partial charge is 0.236 e. The molecule has 6 rings (SSSR count). The molecular formula is C27H33N7O2. The quantitative estimate of drug-likeness (QED) is 0.456. The maximum atomic E-state index is 5.56. The van der Waals surface area contributed by atoms with E-state index in [1.54, 1.807) is 0 Å². The number of hydrogen-bond donors (Lipinski definition) is 1. The first kappa shape index (κ1) is 23.0. The van der Waals surface area contributed by atoms with Gasteiger partial charge in [0, 0.05) is 42.9 Å². The van der Waals surface area contributed by atoms with Crippen molar-refractivity contribution in [1.82, 2.24) is 19.4 Å². The molecule has 2 saturated heterocycles. The lowest BCUT2D eigenvalue weighted by Crippen LogP contribution is -2.36. The van der Waals surface area contributed by atoms with E-state index in [1.165, 1.54) is 16.8 Å². The Morgan fingerprint density at radius 1 is 0.917 bits per heavy atom. The van der Waals surface area contributed by atoms with Crippen LogP contribution in [0, 0.1) is 13.8 Å². The van der Waals surface area contributed by atoms with Crippen molar-refractivity contribution in [1.29, 1.82) is 0 Å². The molecule has 2 fully saturated rings. The molecule has 188 valence electrons. The van der Waals surface area contributed by atoms with Crippen LogP contribution in [0.2, 0.25) is 0 Å². The maximum absolute atomic E-state index is 5.56. The molecule has 0 radical (unpaired) electrons. The molecule has 1 N–H and O–H groups in total. The van der Waals surface area contributed by atoms with E-state index >= 15 is 0 Å². The van der Waals surface area contributed by atoms with Crippen LogP contribution in [0.4, 0.5) is 17.3 Å². The Hall–Kier alpha value is -3.43. The number of imidazole rings is 1. The molecule has 4 aromatic rings. The van der Waals surface area contributed by atoms with Gasteiger partial charge in [-0.15, -0.1) is 0 Å². The third kappa shape index (κ3) is 4.12. The second-order valence-corrected chi connectivity index (χ2v) is 9.61. The minimum Gasteiger partial charge on any atom is -0.378 e. The molecule has 9 nitrogen and oxygen atoms in total. The van der Waals surface area contributed by atoms with Crippen LogP contribution in [0.3, 0.4) is 0 Å². The Morgan fingerprint density at radius 3 is 2.39 bits per heavy atom. The van der Waals surface area contributed by atoms with Gasteiger partial charge in [0.05, 0.1) is 50.4 Å². The number of rotatable bonds is 5. The van der Waals surface area contributed by atoms with Crippen LogP contribution in [0.25, 0.3) is 16.7 Å². The van der Waals surface area contributed by atoms with Gasteiger partial charge in [-0.25, -0.2) is 9.97 Å². The van der Waals surface area contributed by atoms with E-state index in [-0.39, 0.29) is 6.04 Å². The monoisotopic (exact) mass is 487 g/mol. The average molecular weight is 488 g/mol. The molecule has 2 aliphatic heterocycles. The number of aryl methyl sites for hydroxylation is 1. The summed E-state index contributed by atoms with van der Waals surface area (Å²) in [6.45, 7) is 13.0. The summed E-state index contributed by atoms with van der Waals surface area (Å²) in [6, 6.07) is 8.78. The fourth-order valence-electron chi connectivity index (χ4n) is 5.38. The summed E-state index contributed by atoms with van der Waals surface area (Å²) < 4.78 is 13.2. The second-order valence-electron chi connectivity index (χ2n) is 9.61. The van der Waals surface area contributed by atoms with Crippen LogP contribution in [-0.4, -0.2) is 72.0 Å². The van der Waals surface area contributed by atoms with Crippen molar-refractivity contribution in [2.24, 2.45) is 0 Å². The number of benzene rings is 1. The zero-order chi connectivity index (χ0) is 24.6. The van der Waals surface area contributed by atoms with Crippen molar-refractivity contribution in [3.05, 3.63) is 53.5 Å². The zero-order valence-electron chi connectivity index (χ0n) is 21.2. The van der Waals surface area contributed by atoms with Crippen LogP contribution in [0.1, 0.15) is 29.8 Å². The normalized spacial score (nSPS) is 17.6. The van der Waals surface area contributed by atoms with Crippen molar-refractivity contribution < 1.29 is 9.47 Å². The fraction of sp³-hybridized carbons (Fsp3) is 0.444. The summed E-state index contributed by atoms with van der Waals surface area (Å²) in [7, 11) is 0. The van der Waals surface area contributed by atoms with E-state index in [4.69, 9.17) is 19.4 Å². The SMILES string of the molecule is Cc1c([C@@H](C)Nc2nc3ncc(C)n3c3cnc(N4CCOCC4)cc23)cccc1N1CCOCC1. The molecule has 0 bridgehead atoms. The lowest BCUT2D eigenvalue weighted by Gasteiger charge is -2.31. The van der Waals surface area contributed by atoms with Gasteiger partial charge >= 0.3 is 0 Å². The molecular weight excluding hydrogens is 454 g/mol. The van der Waals surface area contributed by atoms with Gasteiger partial charge in [0.2, 0.25) is 5.78 Å². The number of pyridine rings is 1. The Bertz CT molecular complexity index is 1390. The Labute approximate surface area is 211 Å². The van der Waals surface area contributed by atoms with Gasteiger partial charge in [0.1, 0.15) is 11.6 Å². The predicted molar refractivity (Wildman–Crippen MR) is 142 cm³/mol. The summed E-state index contributed by atoms with van der Waals surface area (Å²) in [5.74, 6) is 2.45. The molecule has 0 spiro atoms. The van der Waals surface area contributed by atoms with E-state index in [2.05, 4.69) is 62.6 Å². The van der Waals surface area contributed by atoms with Crippen LogP contribution in [-0.2, 0) is 9.47 Å². The first-order chi connectivity index (χ1) is 17.6. The Kier molecular flexibility index (Phi) is 6.10. The van der Waals surface area contributed by atoms with Gasteiger partial charge < -0.3 is 24.6 Å². The number of hydrogen-bond acceptors (Lipinski definition) is 8. The number of ether oxygens (including phenoxy) is 2. The average Bonchev–Trinajstić information content (AvgIpc) is 3.30. The third-order valence-corrected chi connectivity index (χ3v) is 7.35. The highest BCUT2D eigenvalue weighted by Gasteiger charge is 2.20. The van der Waals surface area contributed by atoms with Crippen molar-refractivity contribution in [2.45, 2.75) is 26.8 Å². The first-order valence-corrected chi connectivity index (χ1v) is 12.8. The van der Waals surface area contributed by atoms with Gasteiger partial charge in [0.15, 0.2) is 0 Å². The van der Waals surface area contributed by atoms with Crippen LogP contribution >= 0.6 is 0 Å². The van der Waals surface area contributed by atoms with Gasteiger partial charge in [0.25, 0.3) is 0 Å². The molecule has 5 heterocycles. The molecule has 0 saturated carbocycles. The minimum absolute atomic E-state index is 0.0557. The van der Waals surface area contributed by atoms with Crippen molar-refractivity contribution >= 4 is 34.0 Å². The summed E-state index contributed by atoms with van der Waals surface area (Å²) in [6.07, 6.45) is 3.81. The number of fused-ring (bicyclic) bond motifs is 3. The predicted octanol–water partition coefficient (Wildman–Crippen LogP) is 3.74. The standard InChI is InChI=1S/C27H33N7O2/c1-18-16-29-27-31-26(22-15-25(28-17-24(22)34(18)27)33-9-13-36-14-10-33)30-20(3)21-5-4-6-23(19(21)2)32-7-11-35-12-8-32/h4-6,15-17,20H,7-14H2,1-3H3,(H,29,30,31)/t20-/m1/s1. The highest BCUT2D eigenvalue weighted by molar-refractivity contribution is 5.93. The van der Waals surface area contributed by atoms with E-state index in [1.807, 2.05) is 19.3 Å². The van der Waals surface area contributed by atoms with Crippen molar-refractivity contribution in [3.63, 3.8) is 0 Å². The third-order valence-electron chi connectivity index (χ3n) is 7.35. The Balaban J connectivity index is 1.39. The number of nitrogens with one attached hydrogen (secondary N) is 1. The number of aromatic nitrogens is 4. The molecule has 3 aromatic heterocycles. The van der Waals surface area contributed by atoms with Crippen LogP contribution in [0.5, 0.6) is 0 Å². The second kappa shape index (κ2) is 9.55. The zero-order valence-corrected chi connectivity index (χ0v) is 21.2. The van der Waals surface area contributed by atoms with E-state index in [0.29, 0.717) is 5.78 Å². The molecule has 0 amide bonds. The van der Waals surface area contributed by atoms with Crippen LogP contribution in [0.15, 0.2) is 36.7 Å². The molecule has 1 aromatic carbocycles. The van der Waals surface area contributed by atoms with E-state index in [0.717, 1.165) is 80.8 Å². The van der Waals surface area contributed by atoms with E-state index in [9.17, 15) is 0 Å². The summed E-state index contributed by atoms with van der Waals surface area (Å²) in [5, 5.41) is 4.76. The molecule has 1 atom stereocenters. The molecule has 2 aliphatic rings. The van der Waals surface area contributed by atoms with Crippen LogP contribution < -0.4 is 15.1 Å². The Morgan fingerprint density at radius 2 is 1.64 bits per heavy atom. The maximum Gasteiger partial charge on any atom is 0.236 e. The van der Waals surface area contributed by atoms with E-state index < -0.39 is 0 Å². The lowest BCUT2D eigenvalue weighted by molar-refractivity contribution is 0.122. The summed E-state index contributed by atoms with van der Waals surface area (Å²) in [5.41, 5.74) is 5.87. The number of morpholine rings is 2. The molecule has 0 unspecified atom stereocenters. The summed E-state index contributed by atoms with van der Waals surface area (Å²) >= 11 is 0. The largest absolute Gasteiger partial charge is 0.378 e. The molecule has 0 aliphatic carbocycles. The van der Waals surface area contributed by atoms with Crippen molar-refractivity contribution in [3.8, 4) is 0 Å². The summed E-state index contributed by atoms with van der Waals surface area (Å²) in [4.78, 5) is 19.0. The molecule has 9 heteroatoms. The minimum atomic E-state index is 0.0557. The van der Waals surface area contributed by atoms with Gasteiger partial charge in [-0.3, -0.25) is 4.40 Å². The van der Waals surface area contributed by atoms with Gasteiger partial charge in [-0.2, -0.15) is 4.98 Å². The topological polar surface area (TPSA) is 80.0 Å². The molecule has 36 heavy (non-hydrogen) atoms. The van der Waals surface area contributed by atoms with Gasteiger partial charge in [-0.05, 0) is 44.0 Å².